The van der Waals surface area contributed by atoms with Crippen LogP contribution in [-0.4, -0.2) is 28.9 Å². The van der Waals surface area contributed by atoms with Gasteiger partial charge < -0.3 is 4.90 Å². The lowest BCUT2D eigenvalue weighted by molar-refractivity contribution is 0.0794. The number of hydrogen-bond acceptors (Lipinski definition) is 2. The fourth-order valence-corrected chi connectivity index (χ4v) is 3.86. The summed E-state index contributed by atoms with van der Waals surface area (Å²) in [4.78, 5) is 20.2. The number of carbonyl (C=O) groups excluding carboxylic acids is 1. The number of hydrogen-bond donors (Lipinski definition) is 0. The highest BCUT2D eigenvalue weighted by Gasteiger charge is 2.23. The molecule has 1 aromatic heterocycles. The van der Waals surface area contributed by atoms with E-state index in [2.05, 4.69) is 57.2 Å². The molecule has 3 heteroatoms. The van der Waals surface area contributed by atoms with E-state index in [-0.39, 0.29) is 5.91 Å². The van der Waals surface area contributed by atoms with Crippen molar-refractivity contribution in [2.45, 2.75) is 40.0 Å². The average molecular weight is 358 g/mol. The van der Waals surface area contributed by atoms with Gasteiger partial charge in [-0.1, -0.05) is 43.3 Å². The van der Waals surface area contributed by atoms with Crippen molar-refractivity contribution in [3.63, 3.8) is 0 Å². The molecule has 0 atom stereocenters. The van der Waals surface area contributed by atoms with Crippen LogP contribution in [0.3, 0.4) is 0 Å². The van der Waals surface area contributed by atoms with Crippen LogP contribution < -0.4 is 0 Å². The summed E-state index contributed by atoms with van der Waals surface area (Å²) in [5.74, 6) is 0.134. The highest BCUT2D eigenvalue weighted by atomic mass is 16.2. The minimum atomic E-state index is 0.134. The van der Waals surface area contributed by atoms with Gasteiger partial charge in [-0.05, 0) is 55.9 Å². The molecular weight excluding hydrogens is 332 g/mol. The number of aromatic nitrogens is 1. The number of fused-ring (bicyclic) bond motifs is 1. The van der Waals surface area contributed by atoms with Crippen LogP contribution >= 0.6 is 0 Å². The van der Waals surface area contributed by atoms with Gasteiger partial charge in [0.05, 0.1) is 16.8 Å². The molecule has 27 heavy (non-hydrogen) atoms. The Hall–Kier alpha value is -2.68. The molecule has 3 aromatic rings. The normalized spacial score (nSPS) is 14.1. The summed E-state index contributed by atoms with van der Waals surface area (Å²) < 4.78 is 0. The topological polar surface area (TPSA) is 33.2 Å². The number of aryl methyl sites for hydroxylation is 3. The van der Waals surface area contributed by atoms with Crippen molar-refractivity contribution >= 4 is 16.8 Å². The molecule has 1 aliphatic rings. The molecule has 0 unspecified atom stereocenters. The second-order valence-corrected chi connectivity index (χ2v) is 7.51. The van der Waals surface area contributed by atoms with E-state index in [9.17, 15) is 4.79 Å². The van der Waals surface area contributed by atoms with Crippen molar-refractivity contribution < 1.29 is 4.79 Å². The Balaban J connectivity index is 1.91. The Morgan fingerprint density at radius 2 is 1.74 bits per heavy atom. The Kier molecular flexibility index (Phi) is 4.69. The third-order valence-electron chi connectivity index (χ3n) is 5.79. The maximum absolute atomic E-state index is 13.2. The molecule has 0 radical (unpaired) electrons. The van der Waals surface area contributed by atoms with Crippen LogP contribution in [0.2, 0.25) is 0 Å². The van der Waals surface area contributed by atoms with E-state index in [4.69, 9.17) is 4.98 Å². The van der Waals surface area contributed by atoms with Crippen LogP contribution in [0, 0.1) is 13.8 Å². The molecule has 4 rings (SSSR count). The molecular formula is C24H26N2O. The van der Waals surface area contributed by atoms with Crippen molar-refractivity contribution in [1.82, 2.24) is 9.88 Å². The minimum absolute atomic E-state index is 0.134. The largest absolute Gasteiger partial charge is 0.339 e. The second kappa shape index (κ2) is 7.15. The summed E-state index contributed by atoms with van der Waals surface area (Å²) in [5, 5.41) is 0.962. The number of pyridine rings is 1. The van der Waals surface area contributed by atoms with Crippen LogP contribution in [0.1, 0.15) is 46.8 Å². The lowest BCUT2D eigenvalue weighted by Gasteiger charge is -2.18. The van der Waals surface area contributed by atoms with Crippen molar-refractivity contribution in [2.75, 3.05) is 13.1 Å². The smallest absolute Gasteiger partial charge is 0.254 e. The van der Waals surface area contributed by atoms with Gasteiger partial charge in [-0.25, -0.2) is 4.98 Å². The van der Waals surface area contributed by atoms with Crippen LogP contribution in [0.25, 0.3) is 22.2 Å². The Morgan fingerprint density at radius 3 is 2.41 bits per heavy atom. The van der Waals surface area contributed by atoms with Gasteiger partial charge in [0.25, 0.3) is 5.91 Å². The summed E-state index contributed by atoms with van der Waals surface area (Å²) in [6.45, 7) is 8.06. The molecule has 0 bridgehead atoms. The predicted octanol–water partition coefficient (Wildman–Crippen LogP) is 5.32. The highest BCUT2D eigenvalue weighted by Crippen LogP contribution is 2.30. The molecule has 1 saturated heterocycles. The zero-order valence-corrected chi connectivity index (χ0v) is 16.4. The Labute approximate surface area is 161 Å². The van der Waals surface area contributed by atoms with Gasteiger partial charge >= 0.3 is 0 Å². The first-order valence-electron chi connectivity index (χ1n) is 9.88. The maximum Gasteiger partial charge on any atom is 0.254 e. The number of amides is 1. The van der Waals surface area contributed by atoms with E-state index in [1.165, 1.54) is 11.1 Å². The van der Waals surface area contributed by atoms with E-state index in [0.717, 1.165) is 65.6 Å². The summed E-state index contributed by atoms with van der Waals surface area (Å²) in [6, 6.07) is 14.6. The first-order valence-corrected chi connectivity index (χ1v) is 9.88. The van der Waals surface area contributed by atoms with E-state index in [1.807, 2.05) is 11.0 Å². The van der Waals surface area contributed by atoms with Gasteiger partial charge in [0.1, 0.15) is 0 Å². The number of nitrogens with zero attached hydrogens (tertiary/aromatic N) is 2. The van der Waals surface area contributed by atoms with Crippen LogP contribution in [0.15, 0.2) is 42.5 Å². The van der Waals surface area contributed by atoms with Gasteiger partial charge in [0.2, 0.25) is 0 Å². The molecule has 1 fully saturated rings. The Morgan fingerprint density at radius 1 is 1.04 bits per heavy atom. The van der Waals surface area contributed by atoms with Gasteiger partial charge in [-0.3, -0.25) is 4.79 Å². The molecule has 0 saturated carbocycles. The minimum Gasteiger partial charge on any atom is -0.339 e. The maximum atomic E-state index is 13.2. The number of carbonyl (C=O) groups is 1. The monoisotopic (exact) mass is 358 g/mol. The zero-order valence-electron chi connectivity index (χ0n) is 16.4. The van der Waals surface area contributed by atoms with Crippen LogP contribution in [-0.2, 0) is 6.42 Å². The summed E-state index contributed by atoms with van der Waals surface area (Å²) in [6.07, 6.45) is 3.21. The number of benzene rings is 2. The third-order valence-corrected chi connectivity index (χ3v) is 5.79. The lowest BCUT2D eigenvalue weighted by Crippen LogP contribution is -2.28. The fourth-order valence-electron chi connectivity index (χ4n) is 3.86. The third kappa shape index (κ3) is 3.23. The first-order chi connectivity index (χ1) is 13.1. The van der Waals surface area contributed by atoms with Gasteiger partial charge in [-0.15, -0.1) is 0 Å². The first kappa shape index (κ1) is 17.7. The van der Waals surface area contributed by atoms with Crippen LogP contribution in [0.4, 0.5) is 0 Å². The number of rotatable bonds is 3. The summed E-state index contributed by atoms with van der Waals surface area (Å²) in [7, 11) is 0. The van der Waals surface area contributed by atoms with Crippen molar-refractivity contribution in [3.05, 3.63) is 64.7 Å². The van der Waals surface area contributed by atoms with Crippen molar-refractivity contribution in [1.29, 1.82) is 0 Å². The lowest BCUT2D eigenvalue weighted by atomic mass is 9.98. The summed E-state index contributed by atoms with van der Waals surface area (Å²) >= 11 is 0. The molecule has 0 aliphatic carbocycles. The van der Waals surface area contributed by atoms with Gasteiger partial charge in [-0.2, -0.15) is 0 Å². The molecule has 138 valence electrons. The highest BCUT2D eigenvalue weighted by molar-refractivity contribution is 6.08. The second-order valence-electron chi connectivity index (χ2n) is 7.51. The Bertz CT molecular complexity index is 999. The van der Waals surface area contributed by atoms with Gasteiger partial charge in [0.15, 0.2) is 0 Å². The molecule has 2 aromatic carbocycles. The number of likely N-dealkylation sites (tertiary alicyclic amines) is 1. The molecule has 2 heterocycles. The average Bonchev–Trinajstić information content (AvgIpc) is 3.24. The summed E-state index contributed by atoms with van der Waals surface area (Å²) in [5.41, 5.74) is 7.31. The van der Waals surface area contributed by atoms with E-state index < -0.39 is 0 Å². The quantitative estimate of drug-likeness (QED) is 0.635. The van der Waals surface area contributed by atoms with Gasteiger partial charge in [0, 0.05) is 24.0 Å². The van der Waals surface area contributed by atoms with Crippen molar-refractivity contribution in [2.24, 2.45) is 0 Å². The fraction of sp³-hybridized carbons (Fsp3) is 0.333. The molecule has 3 nitrogen and oxygen atoms in total. The van der Waals surface area contributed by atoms with E-state index >= 15 is 0 Å². The molecule has 1 aliphatic heterocycles. The predicted molar refractivity (Wildman–Crippen MR) is 111 cm³/mol. The zero-order chi connectivity index (χ0) is 19.0. The van der Waals surface area contributed by atoms with E-state index in [0.29, 0.717) is 0 Å². The SMILES string of the molecule is CCc1ccc(-c2cc(C(=O)N3CCCC3)c3ccc(C)c(C)c3n2)cc1. The standard InChI is InChI=1S/C24H26N2O/c1-4-18-8-10-19(11-9-18)22-15-21(24(27)26-13-5-6-14-26)20-12-7-16(2)17(3)23(20)25-22/h7-12,15H,4-6,13-14H2,1-3H3. The molecule has 1 amide bonds. The van der Waals surface area contributed by atoms with Crippen molar-refractivity contribution in [3.8, 4) is 11.3 Å². The molecule has 0 spiro atoms. The molecule has 0 N–H and O–H groups in total. The van der Waals surface area contributed by atoms with Crippen LogP contribution in [0.5, 0.6) is 0 Å². The van der Waals surface area contributed by atoms with E-state index in [1.54, 1.807) is 0 Å².